The van der Waals surface area contributed by atoms with Gasteiger partial charge in [0.1, 0.15) is 5.82 Å². The molecule has 1 aromatic carbocycles. The van der Waals surface area contributed by atoms with Crippen molar-refractivity contribution in [3.8, 4) is 0 Å². The van der Waals surface area contributed by atoms with Crippen LogP contribution < -0.4 is 5.32 Å². The van der Waals surface area contributed by atoms with Gasteiger partial charge in [0, 0.05) is 25.7 Å². The highest BCUT2D eigenvalue weighted by molar-refractivity contribution is 5.98. The van der Waals surface area contributed by atoms with E-state index in [-0.39, 0.29) is 18.0 Å². The predicted molar refractivity (Wildman–Crippen MR) is 76.6 cm³/mol. The van der Waals surface area contributed by atoms with Crippen molar-refractivity contribution in [2.75, 3.05) is 18.9 Å². The summed E-state index contributed by atoms with van der Waals surface area (Å²) in [5, 5.41) is 12.3. The summed E-state index contributed by atoms with van der Waals surface area (Å²) in [7, 11) is 1.51. The minimum absolute atomic E-state index is 0.0448. The van der Waals surface area contributed by atoms with Crippen molar-refractivity contribution < 1.29 is 19.1 Å². The van der Waals surface area contributed by atoms with Gasteiger partial charge in [0.25, 0.3) is 5.91 Å². The number of carbonyl (C=O) groups excluding carboxylic acids is 2. The third-order valence-corrected chi connectivity index (χ3v) is 3.29. The van der Waals surface area contributed by atoms with Gasteiger partial charge in [-0.1, -0.05) is 0 Å². The third kappa shape index (κ3) is 3.58. The number of amides is 2. The number of nitrogens with zero attached hydrogens (tertiary/aromatic N) is 1. The van der Waals surface area contributed by atoms with Crippen molar-refractivity contribution >= 4 is 17.5 Å². The van der Waals surface area contributed by atoms with Crippen LogP contribution >= 0.6 is 0 Å². The van der Waals surface area contributed by atoms with Crippen molar-refractivity contribution in [1.29, 1.82) is 0 Å². The molecule has 0 saturated heterocycles. The molecule has 1 aromatic rings. The van der Waals surface area contributed by atoms with Crippen LogP contribution in [0, 0.1) is 5.82 Å². The number of fused-ring (bicyclic) bond motifs is 1. The number of likely N-dealkylation sites (N-methyl/N-ethyl adjacent to an activating group) is 1. The van der Waals surface area contributed by atoms with E-state index < -0.39 is 17.3 Å². The number of hydrogen-bond donors (Lipinski definition) is 2. The van der Waals surface area contributed by atoms with E-state index in [1.54, 1.807) is 13.8 Å². The minimum Gasteiger partial charge on any atom is -0.389 e. The molecule has 2 rings (SSSR count). The molecule has 0 aromatic heterocycles. The molecule has 0 saturated carbocycles. The Morgan fingerprint density at radius 3 is 2.71 bits per heavy atom. The summed E-state index contributed by atoms with van der Waals surface area (Å²) in [5.41, 5.74) is 0.0707. The summed E-state index contributed by atoms with van der Waals surface area (Å²) in [5.74, 6) is -1.32. The van der Waals surface area contributed by atoms with Gasteiger partial charge < -0.3 is 15.3 Å². The summed E-state index contributed by atoms with van der Waals surface area (Å²) in [6.07, 6.45) is 0.808. The highest BCUT2D eigenvalue weighted by Crippen LogP contribution is 2.26. The summed E-state index contributed by atoms with van der Waals surface area (Å²) in [6.45, 7) is 3.25. The van der Waals surface area contributed by atoms with Crippen LogP contribution in [-0.4, -0.2) is 41.0 Å². The molecule has 1 aliphatic rings. The van der Waals surface area contributed by atoms with Crippen LogP contribution in [0.15, 0.2) is 12.1 Å². The summed E-state index contributed by atoms with van der Waals surface area (Å²) in [4.78, 5) is 24.8. The number of aryl methyl sites for hydroxylation is 1. The molecule has 1 heterocycles. The van der Waals surface area contributed by atoms with Crippen molar-refractivity contribution in [3.05, 3.63) is 29.1 Å². The first-order valence-electron chi connectivity index (χ1n) is 6.77. The van der Waals surface area contributed by atoms with Gasteiger partial charge in [-0.3, -0.25) is 9.59 Å². The summed E-state index contributed by atoms with van der Waals surface area (Å²) < 4.78 is 14.1. The lowest BCUT2D eigenvalue weighted by Gasteiger charge is -2.26. The SMILES string of the molecule is CN(CC(C)(C)O)C(=O)c1cc2c(cc1F)NC(=O)CC2. The zero-order valence-corrected chi connectivity index (χ0v) is 12.4. The van der Waals surface area contributed by atoms with Gasteiger partial charge in [-0.05, 0) is 38.0 Å². The number of rotatable bonds is 3. The summed E-state index contributed by atoms with van der Waals surface area (Å²) in [6, 6.07) is 2.66. The van der Waals surface area contributed by atoms with E-state index in [1.807, 2.05) is 0 Å². The lowest BCUT2D eigenvalue weighted by molar-refractivity contribution is -0.116. The van der Waals surface area contributed by atoms with Gasteiger partial charge in [0.05, 0.1) is 11.2 Å². The predicted octanol–water partition coefficient (Wildman–Crippen LogP) is 1.55. The van der Waals surface area contributed by atoms with E-state index in [1.165, 1.54) is 24.1 Å². The number of nitrogens with one attached hydrogen (secondary N) is 1. The van der Waals surface area contributed by atoms with Crippen molar-refractivity contribution in [1.82, 2.24) is 4.90 Å². The maximum absolute atomic E-state index is 14.1. The molecular weight excluding hydrogens is 275 g/mol. The fourth-order valence-electron chi connectivity index (χ4n) is 2.42. The molecule has 0 fully saturated rings. The molecule has 0 unspecified atom stereocenters. The van der Waals surface area contributed by atoms with E-state index >= 15 is 0 Å². The standard InChI is InChI=1S/C15H19FN2O3/c1-15(2,21)8-18(3)14(20)10-6-9-4-5-13(19)17-12(9)7-11(10)16/h6-7,21H,4-5,8H2,1-3H3,(H,17,19). The maximum Gasteiger partial charge on any atom is 0.256 e. The number of anilines is 1. The Hall–Kier alpha value is -1.95. The Bertz CT molecular complexity index is 593. The number of hydrogen-bond acceptors (Lipinski definition) is 3. The molecule has 1 aliphatic heterocycles. The monoisotopic (exact) mass is 294 g/mol. The Balaban J connectivity index is 2.28. The van der Waals surface area contributed by atoms with Crippen LogP contribution in [0.2, 0.25) is 0 Å². The second kappa shape index (κ2) is 5.44. The number of carbonyl (C=O) groups is 2. The second-order valence-corrected chi connectivity index (χ2v) is 6.01. The van der Waals surface area contributed by atoms with Crippen molar-refractivity contribution in [2.45, 2.75) is 32.3 Å². The maximum atomic E-state index is 14.1. The van der Waals surface area contributed by atoms with Crippen molar-refractivity contribution in [3.63, 3.8) is 0 Å². The van der Waals surface area contributed by atoms with Gasteiger partial charge in [0.2, 0.25) is 5.91 Å². The first-order chi connectivity index (χ1) is 9.67. The zero-order valence-electron chi connectivity index (χ0n) is 12.4. The number of halogens is 1. The van der Waals surface area contributed by atoms with Gasteiger partial charge in [-0.2, -0.15) is 0 Å². The smallest absolute Gasteiger partial charge is 0.256 e. The van der Waals surface area contributed by atoms with E-state index in [0.717, 1.165) is 5.56 Å². The lowest BCUT2D eigenvalue weighted by atomic mass is 9.99. The average molecular weight is 294 g/mol. The fourth-order valence-corrected chi connectivity index (χ4v) is 2.42. The van der Waals surface area contributed by atoms with E-state index in [2.05, 4.69) is 5.32 Å². The lowest BCUT2D eigenvalue weighted by Crippen LogP contribution is -2.40. The zero-order chi connectivity index (χ0) is 15.8. The molecule has 114 valence electrons. The quantitative estimate of drug-likeness (QED) is 0.888. The molecule has 0 spiro atoms. The first-order valence-corrected chi connectivity index (χ1v) is 6.77. The van der Waals surface area contributed by atoms with Gasteiger partial charge in [0.15, 0.2) is 0 Å². The topological polar surface area (TPSA) is 69.6 Å². The first kappa shape index (κ1) is 15.4. The number of aliphatic hydroxyl groups is 1. The number of benzene rings is 1. The average Bonchev–Trinajstić information content (AvgIpc) is 2.35. The molecule has 2 N–H and O–H groups in total. The van der Waals surface area contributed by atoms with Crippen LogP contribution in [0.25, 0.3) is 0 Å². The molecule has 0 atom stereocenters. The molecule has 0 bridgehead atoms. The molecule has 21 heavy (non-hydrogen) atoms. The molecular formula is C15H19FN2O3. The van der Waals surface area contributed by atoms with Crippen LogP contribution in [0.3, 0.4) is 0 Å². The van der Waals surface area contributed by atoms with Gasteiger partial charge in [-0.15, -0.1) is 0 Å². The Morgan fingerprint density at radius 2 is 2.10 bits per heavy atom. The highest BCUT2D eigenvalue weighted by Gasteiger charge is 2.25. The normalized spacial score (nSPS) is 14.4. The molecule has 0 aliphatic carbocycles. The van der Waals surface area contributed by atoms with Gasteiger partial charge in [-0.25, -0.2) is 4.39 Å². The fraction of sp³-hybridized carbons (Fsp3) is 0.467. The van der Waals surface area contributed by atoms with E-state index in [4.69, 9.17) is 0 Å². The highest BCUT2D eigenvalue weighted by atomic mass is 19.1. The molecule has 6 heteroatoms. The van der Waals surface area contributed by atoms with E-state index in [9.17, 15) is 19.1 Å². The Kier molecular flexibility index (Phi) is 4.00. The minimum atomic E-state index is -1.05. The molecule has 0 radical (unpaired) electrons. The van der Waals surface area contributed by atoms with E-state index in [0.29, 0.717) is 18.5 Å². The Labute approximate surface area is 122 Å². The van der Waals surface area contributed by atoms with Crippen LogP contribution in [0.5, 0.6) is 0 Å². The summed E-state index contributed by atoms with van der Waals surface area (Å²) >= 11 is 0. The van der Waals surface area contributed by atoms with Crippen LogP contribution in [-0.2, 0) is 11.2 Å². The molecule has 2 amide bonds. The van der Waals surface area contributed by atoms with Crippen molar-refractivity contribution in [2.24, 2.45) is 0 Å². The largest absolute Gasteiger partial charge is 0.389 e. The Morgan fingerprint density at radius 1 is 1.43 bits per heavy atom. The molecule has 5 nitrogen and oxygen atoms in total. The second-order valence-electron chi connectivity index (χ2n) is 6.01. The van der Waals surface area contributed by atoms with Crippen LogP contribution in [0.4, 0.5) is 10.1 Å². The third-order valence-electron chi connectivity index (χ3n) is 3.29. The van der Waals surface area contributed by atoms with Gasteiger partial charge >= 0.3 is 0 Å². The van der Waals surface area contributed by atoms with Crippen LogP contribution in [0.1, 0.15) is 36.2 Å².